The van der Waals surface area contributed by atoms with Crippen LogP contribution >= 0.6 is 11.3 Å². The quantitative estimate of drug-likeness (QED) is 0.520. The average molecular weight is 382 g/mol. The largest absolute Gasteiger partial charge is 0.493 e. The lowest BCUT2D eigenvalue weighted by Crippen LogP contribution is -2.39. The van der Waals surface area contributed by atoms with Gasteiger partial charge in [-0.3, -0.25) is 0 Å². The lowest BCUT2D eigenvalue weighted by molar-refractivity contribution is -0.741. The van der Waals surface area contributed by atoms with E-state index >= 15 is 0 Å². The minimum Gasteiger partial charge on any atom is -0.493 e. The molecule has 0 radical (unpaired) electrons. The standard InChI is InChI=1S/C19H20N5O2S/c1-23-17(12-20-14-7-5-4-6-8-14)27-19-22-21-18(24(19)23)13-9-10-15(25-2)16(11-13)26-3/h4-11,20H,12H2,1-3H3/q+1. The Kier molecular flexibility index (Phi) is 4.64. The molecule has 0 aliphatic rings. The topological polar surface area (TPSA) is 64.6 Å². The van der Waals surface area contributed by atoms with Crippen molar-refractivity contribution in [1.82, 2.24) is 14.7 Å². The van der Waals surface area contributed by atoms with Crippen molar-refractivity contribution in [3.05, 3.63) is 53.5 Å². The number of ether oxygens (including phenoxy) is 2. The SMILES string of the molecule is COc1ccc(-c2nnc3sc(CNc4ccccc4)[n+](C)n23)cc1OC. The summed E-state index contributed by atoms with van der Waals surface area (Å²) in [5.74, 6) is 2.11. The first kappa shape index (κ1) is 17.3. The fourth-order valence-corrected chi connectivity index (χ4v) is 3.87. The number of aromatic nitrogens is 4. The van der Waals surface area contributed by atoms with Crippen LogP contribution in [0.15, 0.2) is 48.5 Å². The number of aryl methyl sites for hydroxylation is 1. The second-order valence-electron chi connectivity index (χ2n) is 5.93. The van der Waals surface area contributed by atoms with E-state index in [2.05, 4.69) is 32.3 Å². The molecule has 138 valence electrons. The second-order valence-corrected chi connectivity index (χ2v) is 6.97. The predicted octanol–water partition coefficient (Wildman–Crippen LogP) is 2.91. The lowest BCUT2D eigenvalue weighted by atomic mass is 10.2. The summed E-state index contributed by atoms with van der Waals surface area (Å²) in [6, 6.07) is 15.9. The molecule has 4 aromatic rings. The third kappa shape index (κ3) is 3.19. The number of rotatable bonds is 6. The van der Waals surface area contributed by atoms with Gasteiger partial charge in [0.05, 0.1) is 14.2 Å². The monoisotopic (exact) mass is 382 g/mol. The van der Waals surface area contributed by atoms with Gasteiger partial charge in [-0.2, -0.15) is 0 Å². The number of hydrogen-bond donors (Lipinski definition) is 1. The van der Waals surface area contributed by atoms with Gasteiger partial charge in [-0.25, -0.2) is 0 Å². The molecule has 2 aromatic carbocycles. The van der Waals surface area contributed by atoms with Gasteiger partial charge in [0.15, 0.2) is 18.5 Å². The molecule has 2 heterocycles. The number of nitrogens with one attached hydrogen (secondary N) is 1. The molecule has 1 N–H and O–H groups in total. The Morgan fingerprint density at radius 1 is 1.04 bits per heavy atom. The van der Waals surface area contributed by atoms with E-state index < -0.39 is 0 Å². The van der Waals surface area contributed by atoms with E-state index in [9.17, 15) is 0 Å². The van der Waals surface area contributed by atoms with E-state index in [4.69, 9.17) is 9.47 Å². The molecule has 0 unspecified atom stereocenters. The molecule has 0 saturated carbocycles. The van der Waals surface area contributed by atoms with Gasteiger partial charge in [0.1, 0.15) is 6.54 Å². The number of para-hydroxylation sites is 1. The Labute approximate surface area is 160 Å². The van der Waals surface area contributed by atoms with E-state index in [1.807, 2.05) is 48.0 Å². The van der Waals surface area contributed by atoms with Crippen molar-refractivity contribution in [3.8, 4) is 22.9 Å². The molecule has 4 rings (SSSR count). The summed E-state index contributed by atoms with van der Waals surface area (Å²) in [5, 5.41) is 13.3. The first-order chi connectivity index (χ1) is 13.2. The Morgan fingerprint density at radius 3 is 2.56 bits per heavy atom. The Morgan fingerprint density at radius 2 is 1.81 bits per heavy atom. The van der Waals surface area contributed by atoms with Gasteiger partial charge in [-0.1, -0.05) is 27.4 Å². The molecular weight excluding hydrogens is 362 g/mol. The molecule has 0 aliphatic carbocycles. The van der Waals surface area contributed by atoms with Crippen LogP contribution in [0.2, 0.25) is 0 Å². The number of nitrogens with zero attached hydrogens (tertiary/aromatic N) is 4. The Bertz CT molecular complexity index is 1070. The number of hydrogen-bond acceptors (Lipinski definition) is 6. The van der Waals surface area contributed by atoms with E-state index in [1.165, 1.54) is 0 Å². The van der Waals surface area contributed by atoms with Crippen molar-refractivity contribution in [2.75, 3.05) is 19.5 Å². The molecule has 0 bridgehead atoms. The van der Waals surface area contributed by atoms with Gasteiger partial charge in [0.25, 0.3) is 9.97 Å². The lowest BCUT2D eigenvalue weighted by Gasteiger charge is -2.08. The molecule has 0 spiro atoms. The summed E-state index contributed by atoms with van der Waals surface area (Å²) < 4.78 is 14.8. The maximum atomic E-state index is 5.41. The molecule has 2 aromatic heterocycles. The van der Waals surface area contributed by atoms with Gasteiger partial charge in [-0.05, 0) is 41.7 Å². The minimum atomic E-state index is 0.663. The van der Waals surface area contributed by atoms with Gasteiger partial charge in [-0.15, -0.1) is 10.2 Å². The smallest absolute Gasteiger partial charge is 0.283 e. The second kappa shape index (κ2) is 7.24. The molecule has 27 heavy (non-hydrogen) atoms. The number of anilines is 1. The number of fused-ring (bicyclic) bond motifs is 1. The van der Waals surface area contributed by atoms with E-state index in [0.717, 1.165) is 27.0 Å². The van der Waals surface area contributed by atoms with Crippen LogP contribution in [0.5, 0.6) is 11.5 Å². The summed E-state index contributed by atoms with van der Waals surface area (Å²) in [5.41, 5.74) is 2.00. The minimum absolute atomic E-state index is 0.663. The molecule has 0 aliphatic heterocycles. The predicted molar refractivity (Wildman–Crippen MR) is 104 cm³/mol. The van der Waals surface area contributed by atoms with Crippen molar-refractivity contribution in [1.29, 1.82) is 0 Å². The van der Waals surface area contributed by atoms with Crippen molar-refractivity contribution in [2.45, 2.75) is 6.54 Å². The third-order valence-electron chi connectivity index (χ3n) is 4.34. The fraction of sp³-hybridized carbons (Fsp3) is 0.211. The zero-order chi connectivity index (χ0) is 18.8. The average Bonchev–Trinajstić information content (AvgIpc) is 3.27. The van der Waals surface area contributed by atoms with E-state index in [1.54, 1.807) is 25.6 Å². The van der Waals surface area contributed by atoms with Crippen LogP contribution in [-0.4, -0.2) is 28.9 Å². The maximum absolute atomic E-state index is 5.41. The molecule has 0 amide bonds. The van der Waals surface area contributed by atoms with Crippen molar-refractivity contribution >= 4 is 22.0 Å². The van der Waals surface area contributed by atoms with E-state index in [0.29, 0.717) is 18.0 Å². The highest BCUT2D eigenvalue weighted by Crippen LogP contribution is 2.32. The summed E-state index contributed by atoms with van der Waals surface area (Å²) >= 11 is 1.61. The highest BCUT2D eigenvalue weighted by atomic mass is 32.1. The van der Waals surface area contributed by atoms with Crippen LogP contribution in [0.3, 0.4) is 0 Å². The van der Waals surface area contributed by atoms with Gasteiger partial charge >= 0.3 is 0 Å². The first-order valence-corrected chi connectivity index (χ1v) is 9.27. The number of methoxy groups -OCH3 is 2. The zero-order valence-corrected chi connectivity index (χ0v) is 16.2. The Hall–Kier alpha value is -3.13. The zero-order valence-electron chi connectivity index (χ0n) is 15.3. The maximum Gasteiger partial charge on any atom is 0.283 e. The van der Waals surface area contributed by atoms with Gasteiger partial charge in [0, 0.05) is 11.3 Å². The number of benzene rings is 2. The van der Waals surface area contributed by atoms with Crippen molar-refractivity contribution in [3.63, 3.8) is 0 Å². The molecule has 0 atom stereocenters. The first-order valence-electron chi connectivity index (χ1n) is 8.45. The highest BCUT2D eigenvalue weighted by molar-refractivity contribution is 7.16. The molecular formula is C19H20N5O2S+. The van der Waals surface area contributed by atoms with E-state index in [-0.39, 0.29) is 0 Å². The summed E-state index contributed by atoms with van der Waals surface area (Å²) in [7, 11) is 5.26. The van der Waals surface area contributed by atoms with Gasteiger partial charge < -0.3 is 14.8 Å². The van der Waals surface area contributed by atoms with Crippen LogP contribution in [0.25, 0.3) is 16.3 Å². The van der Waals surface area contributed by atoms with Crippen molar-refractivity contribution in [2.24, 2.45) is 7.05 Å². The normalized spacial score (nSPS) is 10.9. The van der Waals surface area contributed by atoms with Crippen LogP contribution in [-0.2, 0) is 13.6 Å². The van der Waals surface area contributed by atoms with Crippen LogP contribution < -0.4 is 19.5 Å². The third-order valence-corrected chi connectivity index (χ3v) is 5.42. The fourth-order valence-electron chi connectivity index (χ4n) is 2.92. The van der Waals surface area contributed by atoms with Crippen LogP contribution in [0.1, 0.15) is 5.01 Å². The molecule has 7 nitrogen and oxygen atoms in total. The molecule has 8 heteroatoms. The summed E-state index contributed by atoms with van der Waals surface area (Å²) in [6.07, 6.45) is 0. The van der Waals surface area contributed by atoms with Gasteiger partial charge in [0.2, 0.25) is 5.82 Å². The summed E-state index contributed by atoms with van der Waals surface area (Å²) in [6.45, 7) is 0.708. The molecule has 0 fully saturated rings. The van der Waals surface area contributed by atoms with Crippen LogP contribution in [0, 0.1) is 0 Å². The summed E-state index contributed by atoms with van der Waals surface area (Å²) in [4.78, 5) is 0.840. The van der Waals surface area contributed by atoms with Crippen LogP contribution in [0.4, 0.5) is 5.69 Å². The Balaban J connectivity index is 1.68. The highest BCUT2D eigenvalue weighted by Gasteiger charge is 2.23. The van der Waals surface area contributed by atoms with Crippen molar-refractivity contribution < 1.29 is 14.2 Å². The molecule has 0 saturated heterocycles.